The Bertz CT molecular complexity index is 1280. The van der Waals surface area contributed by atoms with E-state index in [0.29, 0.717) is 0 Å². The van der Waals surface area contributed by atoms with Gasteiger partial charge < -0.3 is 0 Å². The molecule has 0 atom stereocenters. The Hall–Kier alpha value is -3.33. The Kier molecular flexibility index (Phi) is 4.33. The molecule has 0 spiro atoms. The standard InChI is InChI=1S/C28H27N3/c1-27(2,3)26-30-24(18-11-7-6-8-12-18)29-25(31-26)19-15-16-21-20-13-9-10-14-22(20)28(4,5)23(21)17-19/h6-17H,1-5H3. The first-order valence-electron chi connectivity index (χ1n) is 10.8. The Balaban J connectivity index is 1.69. The zero-order chi connectivity index (χ0) is 21.8. The van der Waals surface area contributed by atoms with E-state index in [1.54, 1.807) is 0 Å². The fraction of sp³-hybridized carbons (Fsp3) is 0.250. The van der Waals surface area contributed by atoms with Crippen LogP contribution in [0.5, 0.6) is 0 Å². The smallest absolute Gasteiger partial charge is 0.163 e. The number of fused-ring (bicyclic) bond motifs is 3. The predicted octanol–water partition coefficient (Wildman–Crippen LogP) is 6.81. The molecule has 0 amide bonds. The van der Waals surface area contributed by atoms with Gasteiger partial charge in [0.1, 0.15) is 5.82 Å². The first kappa shape index (κ1) is 19.6. The molecule has 154 valence electrons. The summed E-state index contributed by atoms with van der Waals surface area (Å²) in [6.45, 7) is 11.0. The van der Waals surface area contributed by atoms with Gasteiger partial charge in [0, 0.05) is 22.0 Å². The largest absolute Gasteiger partial charge is 0.212 e. The minimum Gasteiger partial charge on any atom is -0.212 e. The monoisotopic (exact) mass is 405 g/mol. The van der Waals surface area contributed by atoms with E-state index in [2.05, 4.69) is 77.1 Å². The van der Waals surface area contributed by atoms with Gasteiger partial charge in [-0.1, -0.05) is 101 Å². The summed E-state index contributed by atoms with van der Waals surface area (Å²) in [5, 5.41) is 0. The highest BCUT2D eigenvalue weighted by Gasteiger charge is 2.35. The molecule has 0 radical (unpaired) electrons. The van der Waals surface area contributed by atoms with E-state index in [-0.39, 0.29) is 10.8 Å². The molecular weight excluding hydrogens is 378 g/mol. The van der Waals surface area contributed by atoms with Gasteiger partial charge in [-0.15, -0.1) is 0 Å². The van der Waals surface area contributed by atoms with E-state index in [4.69, 9.17) is 15.0 Å². The van der Waals surface area contributed by atoms with Gasteiger partial charge >= 0.3 is 0 Å². The molecule has 1 aliphatic carbocycles. The number of hydrogen-bond donors (Lipinski definition) is 0. The summed E-state index contributed by atoms with van der Waals surface area (Å²) in [4.78, 5) is 14.6. The number of benzene rings is 3. The van der Waals surface area contributed by atoms with Crippen LogP contribution in [-0.2, 0) is 10.8 Å². The number of hydrogen-bond acceptors (Lipinski definition) is 3. The summed E-state index contributed by atoms with van der Waals surface area (Å²) in [6, 6.07) is 25.5. The molecule has 3 aromatic carbocycles. The summed E-state index contributed by atoms with van der Waals surface area (Å²) in [5.41, 5.74) is 7.14. The lowest BCUT2D eigenvalue weighted by Gasteiger charge is -2.22. The maximum absolute atomic E-state index is 4.90. The Morgan fingerprint density at radius 1 is 0.613 bits per heavy atom. The molecule has 1 aliphatic rings. The molecule has 5 rings (SSSR count). The maximum Gasteiger partial charge on any atom is 0.163 e. The molecule has 0 saturated heterocycles. The van der Waals surface area contributed by atoms with Crippen molar-refractivity contribution >= 4 is 0 Å². The normalized spacial score (nSPS) is 14.2. The van der Waals surface area contributed by atoms with Crippen LogP contribution in [0, 0.1) is 0 Å². The fourth-order valence-corrected chi connectivity index (χ4v) is 4.40. The quantitative estimate of drug-likeness (QED) is 0.368. The summed E-state index contributed by atoms with van der Waals surface area (Å²) >= 11 is 0. The lowest BCUT2D eigenvalue weighted by molar-refractivity contribution is 0.543. The van der Waals surface area contributed by atoms with E-state index < -0.39 is 0 Å². The van der Waals surface area contributed by atoms with Crippen molar-refractivity contribution in [3.8, 4) is 33.9 Å². The first-order valence-corrected chi connectivity index (χ1v) is 10.8. The van der Waals surface area contributed by atoms with Gasteiger partial charge in [-0.25, -0.2) is 15.0 Å². The van der Waals surface area contributed by atoms with Crippen molar-refractivity contribution in [1.82, 2.24) is 15.0 Å². The van der Waals surface area contributed by atoms with Crippen molar-refractivity contribution in [2.24, 2.45) is 0 Å². The van der Waals surface area contributed by atoms with Crippen LogP contribution in [0.2, 0.25) is 0 Å². The molecule has 0 saturated carbocycles. The van der Waals surface area contributed by atoms with Crippen LogP contribution in [-0.4, -0.2) is 15.0 Å². The first-order chi connectivity index (χ1) is 14.7. The van der Waals surface area contributed by atoms with Crippen molar-refractivity contribution in [2.45, 2.75) is 45.4 Å². The minimum atomic E-state index is -0.173. The van der Waals surface area contributed by atoms with Crippen molar-refractivity contribution in [2.75, 3.05) is 0 Å². The van der Waals surface area contributed by atoms with Gasteiger partial charge in [-0.05, 0) is 28.3 Å². The molecule has 0 N–H and O–H groups in total. The third-order valence-electron chi connectivity index (χ3n) is 6.18. The second-order valence-corrected chi connectivity index (χ2v) is 9.85. The lowest BCUT2D eigenvalue weighted by atomic mass is 9.82. The molecule has 1 aromatic heterocycles. The molecule has 31 heavy (non-hydrogen) atoms. The fourth-order valence-electron chi connectivity index (χ4n) is 4.40. The lowest BCUT2D eigenvalue weighted by Crippen LogP contribution is -2.18. The van der Waals surface area contributed by atoms with Crippen LogP contribution < -0.4 is 0 Å². The van der Waals surface area contributed by atoms with Crippen molar-refractivity contribution < 1.29 is 0 Å². The van der Waals surface area contributed by atoms with Crippen LogP contribution in [0.15, 0.2) is 72.8 Å². The summed E-state index contributed by atoms with van der Waals surface area (Å²) in [6.07, 6.45) is 0. The van der Waals surface area contributed by atoms with E-state index in [0.717, 1.165) is 28.6 Å². The molecule has 0 fully saturated rings. The van der Waals surface area contributed by atoms with Gasteiger partial charge in [0.25, 0.3) is 0 Å². The molecule has 1 heterocycles. The second-order valence-electron chi connectivity index (χ2n) is 9.85. The number of aromatic nitrogens is 3. The molecule has 3 nitrogen and oxygen atoms in total. The van der Waals surface area contributed by atoms with Crippen molar-refractivity contribution in [3.63, 3.8) is 0 Å². The second kappa shape index (κ2) is 6.84. The average molecular weight is 406 g/mol. The van der Waals surface area contributed by atoms with Gasteiger partial charge in [0.2, 0.25) is 0 Å². The highest BCUT2D eigenvalue weighted by atomic mass is 15.0. The molecule has 0 aliphatic heterocycles. The summed E-state index contributed by atoms with van der Waals surface area (Å²) < 4.78 is 0. The Labute approximate surface area is 184 Å². The van der Waals surface area contributed by atoms with E-state index in [1.807, 2.05) is 30.3 Å². The van der Waals surface area contributed by atoms with Crippen LogP contribution in [0.4, 0.5) is 0 Å². The maximum atomic E-state index is 4.90. The van der Waals surface area contributed by atoms with Crippen LogP contribution >= 0.6 is 0 Å². The Morgan fingerprint density at radius 2 is 1.23 bits per heavy atom. The highest BCUT2D eigenvalue weighted by molar-refractivity contribution is 5.82. The molecule has 0 unspecified atom stereocenters. The Morgan fingerprint density at radius 3 is 1.94 bits per heavy atom. The number of nitrogens with zero attached hydrogens (tertiary/aromatic N) is 3. The van der Waals surface area contributed by atoms with E-state index in [9.17, 15) is 0 Å². The highest BCUT2D eigenvalue weighted by Crippen LogP contribution is 2.49. The van der Waals surface area contributed by atoms with Gasteiger partial charge in [0.15, 0.2) is 11.6 Å². The molecular formula is C28H27N3. The molecule has 3 heteroatoms. The van der Waals surface area contributed by atoms with Crippen LogP contribution in [0.25, 0.3) is 33.9 Å². The summed E-state index contributed by atoms with van der Waals surface area (Å²) in [7, 11) is 0. The van der Waals surface area contributed by atoms with Gasteiger partial charge in [-0.3, -0.25) is 0 Å². The van der Waals surface area contributed by atoms with Crippen LogP contribution in [0.3, 0.4) is 0 Å². The third-order valence-corrected chi connectivity index (χ3v) is 6.18. The SMILES string of the molecule is CC(C)(C)c1nc(-c2ccccc2)nc(-c2ccc3c(c2)C(C)(C)c2ccccc2-3)n1. The summed E-state index contributed by atoms with van der Waals surface area (Å²) in [5.74, 6) is 2.26. The van der Waals surface area contributed by atoms with Crippen molar-refractivity contribution in [3.05, 3.63) is 89.7 Å². The predicted molar refractivity (Wildman–Crippen MR) is 127 cm³/mol. The molecule has 0 bridgehead atoms. The van der Waals surface area contributed by atoms with E-state index in [1.165, 1.54) is 22.3 Å². The topological polar surface area (TPSA) is 38.7 Å². The zero-order valence-electron chi connectivity index (χ0n) is 18.8. The van der Waals surface area contributed by atoms with Gasteiger partial charge in [0.05, 0.1) is 0 Å². The number of rotatable bonds is 2. The van der Waals surface area contributed by atoms with Crippen LogP contribution in [0.1, 0.15) is 51.6 Å². The van der Waals surface area contributed by atoms with E-state index >= 15 is 0 Å². The van der Waals surface area contributed by atoms with Gasteiger partial charge in [-0.2, -0.15) is 0 Å². The third kappa shape index (κ3) is 3.25. The average Bonchev–Trinajstić information content (AvgIpc) is 3.00. The minimum absolute atomic E-state index is 0.0515. The van der Waals surface area contributed by atoms with Crippen molar-refractivity contribution in [1.29, 1.82) is 0 Å². The molecule has 4 aromatic rings. The zero-order valence-corrected chi connectivity index (χ0v) is 18.8.